The molecule has 1 saturated carbocycles. The van der Waals surface area contributed by atoms with Gasteiger partial charge in [-0.25, -0.2) is 4.39 Å². The molecular formula is C15H22FN3. The van der Waals surface area contributed by atoms with E-state index in [4.69, 9.17) is 0 Å². The molecule has 2 N–H and O–H groups in total. The lowest BCUT2D eigenvalue weighted by atomic mass is 10.1. The molecule has 0 aromatic heterocycles. The number of aryl methyl sites for hydroxylation is 1. The molecule has 0 atom stereocenters. The van der Waals surface area contributed by atoms with Gasteiger partial charge in [0.2, 0.25) is 0 Å². The Morgan fingerprint density at radius 1 is 1.37 bits per heavy atom. The average molecular weight is 263 g/mol. The summed E-state index contributed by atoms with van der Waals surface area (Å²) in [5.74, 6) is 1.57. The summed E-state index contributed by atoms with van der Waals surface area (Å²) in [4.78, 5) is 4.18. The first-order valence-corrected chi connectivity index (χ1v) is 6.88. The van der Waals surface area contributed by atoms with Crippen molar-refractivity contribution in [1.29, 1.82) is 0 Å². The van der Waals surface area contributed by atoms with Gasteiger partial charge in [-0.2, -0.15) is 0 Å². The van der Waals surface area contributed by atoms with Crippen molar-refractivity contribution in [3.05, 3.63) is 35.1 Å². The first-order chi connectivity index (χ1) is 9.19. The Bertz CT molecular complexity index is 453. The SMILES string of the molecule is CN=C(NCCC1CC1)NCc1ccc(F)c(C)c1. The van der Waals surface area contributed by atoms with Crippen LogP contribution in [0.4, 0.5) is 4.39 Å². The van der Waals surface area contributed by atoms with E-state index in [-0.39, 0.29) is 5.82 Å². The highest BCUT2D eigenvalue weighted by Crippen LogP contribution is 2.31. The van der Waals surface area contributed by atoms with Crippen LogP contribution in [0, 0.1) is 18.7 Å². The van der Waals surface area contributed by atoms with Gasteiger partial charge in [0, 0.05) is 20.1 Å². The Kier molecular flexibility index (Phi) is 4.77. The molecular weight excluding hydrogens is 241 g/mol. The molecule has 2 rings (SSSR count). The molecule has 3 nitrogen and oxygen atoms in total. The van der Waals surface area contributed by atoms with Crippen molar-refractivity contribution < 1.29 is 4.39 Å². The quantitative estimate of drug-likeness (QED) is 0.633. The van der Waals surface area contributed by atoms with Crippen molar-refractivity contribution in [3.8, 4) is 0 Å². The van der Waals surface area contributed by atoms with Crippen LogP contribution in [0.25, 0.3) is 0 Å². The largest absolute Gasteiger partial charge is 0.356 e. The molecule has 0 saturated heterocycles. The summed E-state index contributed by atoms with van der Waals surface area (Å²) in [5, 5.41) is 6.54. The van der Waals surface area contributed by atoms with Gasteiger partial charge >= 0.3 is 0 Å². The maximum absolute atomic E-state index is 13.2. The second-order valence-corrected chi connectivity index (χ2v) is 5.17. The first-order valence-electron chi connectivity index (χ1n) is 6.88. The van der Waals surface area contributed by atoms with Crippen LogP contribution in [0.3, 0.4) is 0 Å². The Morgan fingerprint density at radius 3 is 2.79 bits per heavy atom. The van der Waals surface area contributed by atoms with Crippen molar-refractivity contribution in [2.24, 2.45) is 10.9 Å². The maximum Gasteiger partial charge on any atom is 0.191 e. The standard InChI is InChI=1S/C15H22FN3/c1-11-9-13(5-6-14(11)16)10-19-15(17-2)18-8-7-12-3-4-12/h5-6,9,12H,3-4,7-8,10H2,1-2H3,(H2,17,18,19). The summed E-state index contributed by atoms with van der Waals surface area (Å²) in [6.07, 6.45) is 3.97. The van der Waals surface area contributed by atoms with E-state index in [1.807, 2.05) is 6.07 Å². The summed E-state index contributed by atoms with van der Waals surface area (Å²) in [6, 6.07) is 5.17. The molecule has 1 aromatic carbocycles. The average Bonchev–Trinajstić information content (AvgIpc) is 3.21. The van der Waals surface area contributed by atoms with Crippen LogP contribution in [-0.4, -0.2) is 19.6 Å². The van der Waals surface area contributed by atoms with E-state index in [1.54, 1.807) is 20.0 Å². The summed E-state index contributed by atoms with van der Waals surface area (Å²) < 4.78 is 13.2. The van der Waals surface area contributed by atoms with Gasteiger partial charge < -0.3 is 10.6 Å². The molecule has 1 aromatic rings. The summed E-state index contributed by atoms with van der Waals surface area (Å²) in [7, 11) is 1.77. The summed E-state index contributed by atoms with van der Waals surface area (Å²) in [6.45, 7) is 3.40. The molecule has 0 heterocycles. The molecule has 0 bridgehead atoms. The number of nitrogens with one attached hydrogen (secondary N) is 2. The molecule has 19 heavy (non-hydrogen) atoms. The van der Waals surface area contributed by atoms with E-state index in [1.165, 1.54) is 25.3 Å². The molecule has 1 fully saturated rings. The second kappa shape index (κ2) is 6.55. The van der Waals surface area contributed by atoms with Gasteiger partial charge in [0.15, 0.2) is 5.96 Å². The van der Waals surface area contributed by atoms with E-state index in [2.05, 4.69) is 15.6 Å². The zero-order chi connectivity index (χ0) is 13.7. The molecule has 0 radical (unpaired) electrons. The van der Waals surface area contributed by atoms with Crippen LogP contribution in [0.15, 0.2) is 23.2 Å². The van der Waals surface area contributed by atoms with E-state index in [0.717, 1.165) is 24.0 Å². The van der Waals surface area contributed by atoms with Crippen molar-refractivity contribution in [3.63, 3.8) is 0 Å². The normalized spacial score (nSPS) is 15.4. The van der Waals surface area contributed by atoms with Gasteiger partial charge in [-0.15, -0.1) is 0 Å². The molecule has 1 aliphatic carbocycles. The van der Waals surface area contributed by atoms with Gasteiger partial charge in [-0.1, -0.05) is 25.0 Å². The van der Waals surface area contributed by atoms with E-state index in [9.17, 15) is 4.39 Å². The fraction of sp³-hybridized carbons (Fsp3) is 0.533. The third kappa shape index (κ3) is 4.54. The van der Waals surface area contributed by atoms with Crippen LogP contribution >= 0.6 is 0 Å². The molecule has 0 aliphatic heterocycles. The van der Waals surface area contributed by atoms with Gasteiger partial charge in [-0.05, 0) is 36.5 Å². The van der Waals surface area contributed by atoms with Crippen LogP contribution in [0.2, 0.25) is 0 Å². The number of nitrogens with zero attached hydrogens (tertiary/aromatic N) is 1. The van der Waals surface area contributed by atoms with Crippen molar-refractivity contribution in [2.75, 3.05) is 13.6 Å². The molecule has 1 aliphatic rings. The van der Waals surface area contributed by atoms with Crippen LogP contribution < -0.4 is 10.6 Å². The topological polar surface area (TPSA) is 36.4 Å². The van der Waals surface area contributed by atoms with Crippen molar-refractivity contribution >= 4 is 5.96 Å². The predicted molar refractivity (Wildman–Crippen MR) is 76.7 cm³/mol. The fourth-order valence-electron chi connectivity index (χ4n) is 2.02. The lowest BCUT2D eigenvalue weighted by molar-refractivity contribution is 0.617. The molecule has 0 unspecified atom stereocenters. The third-order valence-electron chi connectivity index (χ3n) is 3.45. The molecule has 0 spiro atoms. The Morgan fingerprint density at radius 2 is 2.16 bits per heavy atom. The Labute approximate surface area is 114 Å². The highest BCUT2D eigenvalue weighted by molar-refractivity contribution is 5.79. The smallest absolute Gasteiger partial charge is 0.191 e. The molecule has 104 valence electrons. The van der Waals surface area contributed by atoms with Crippen LogP contribution in [0.1, 0.15) is 30.4 Å². The van der Waals surface area contributed by atoms with Gasteiger partial charge in [-0.3, -0.25) is 4.99 Å². The lowest BCUT2D eigenvalue weighted by Gasteiger charge is -2.12. The van der Waals surface area contributed by atoms with Crippen LogP contribution in [-0.2, 0) is 6.54 Å². The fourth-order valence-corrected chi connectivity index (χ4v) is 2.02. The monoisotopic (exact) mass is 263 g/mol. The van der Waals surface area contributed by atoms with E-state index in [0.29, 0.717) is 12.1 Å². The first kappa shape index (κ1) is 13.8. The Hall–Kier alpha value is -1.58. The third-order valence-corrected chi connectivity index (χ3v) is 3.45. The van der Waals surface area contributed by atoms with Crippen molar-refractivity contribution in [2.45, 2.75) is 32.7 Å². The van der Waals surface area contributed by atoms with Gasteiger partial charge in [0.25, 0.3) is 0 Å². The zero-order valence-corrected chi connectivity index (χ0v) is 11.7. The number of rotatable bonds is 5. The number of guanidine groups is 1. The van der Waals surface area contributed by atoms with Crippen LogP contribution in [0.5, 0.6) is 0 Å². The zero-order valence-electron chi connectivity index (χ0n) is 11.7. The number of hydrogen-bond acceptors (Lipinski definition) is 1. The summed E-state index contributed by atoms with van der Waals surface area (Å²) in [5.41, 5.74) is 1.74. The van der Waals surface area contributed by atoms with E-state index >= 15 is 0 Å². The highest BCUT2D eigenvalue weighted by atomic mass is 19.1. The molecule has 0 amide bonds. The minimum absolute atomic E-state index is 0.157. The molecule has 4 heteroatoms. The highest BCUT2D eigenvalue weighted by Gasteiger charge is 2.20. The van der Waals surface area contributed by atoms with Crippen molar-refractivity contribution in [1.82, 2.24) is 10.6 Å². The predicted octanol–water partition coefficient (Wildman–Crippen LogP) is 2.60. The minimum Gasteiger partial charge on any atom is -0.356 e. The number of halogens is 1. The second-order valence-electron chi connectivity index (χ2n) is 5.17. The number of aliphatic imine (C=N–C) groups is 1. The number of hydrogen-bond donors (Lipinski definition) is 2. The summed E-state index contributed by atoms with van der Waals surface area (Å²) >= 11 is 0. The van der Waals surface area contributed by atoms with Gasteiger partial charge in [0.1, 0.15) is 5.82 Å². The number of benzene rings is 1. The minimum atomic E-state index is -0.157. The maximum atomic E-state index is 13.2. The lowest BCUT2D eigenvalue weighted by Crippen LogP contribution is -2.37. The van der Waals surface area contributed by atoms with E-state index < -0.39 is 0 Å². The van der Waals surface area contributed by atoms with Gasteiger partial charge in [0.05, 0.1) is 0 Å². The Balaban J connectivity index is 1.76.